The summed E-state index contributed by atoms with van der Waals surface area (Å²) in [5.41, 5.74) is 0.913. The number of rotatable bonds is 4. The molecule has 0 aliphatic heterocycles. The lowest BCUT2D eigenvalue weighted by molar-refractivity contribution is 0.408. The van der Waals surface area contributed by atoms with Crippen molar-refractivity contribution in [3.63, 3.8) is 0 Å². The van der Waals surface area contributed by atoms with Crippen molar-refractivity contribution in [3.8, 4) is 11.6 Å². The predicted octanol–water partition coefficient (Wildman–Crippen LogP) is 4.66. The summed E-state index contributed by atoms with van der Waals surface area (Å²) >= 11 is 3.35. The van der Waals surface area contributed by atoms with Crippen LogP contribution in [0.15, 0.2) is 41.0 Å². The van der Waals surface area contributed by atoms with Gasteiger partial charge in [0, 0.05) is 29.9 Å². The third kappa shape index (κ3) is 4.79. The molecule has 1 aromatic carbocycles. The minimum absolute atomic E-state index is 0.00739. The number of hydrogen-bond donors (Lipinski definition) is 1. The van der Waals surface area contributed by atoms with Crippen LogP contribution in [-0.2, 0) is 6.54 Å². The van der Waals surface area contributed by atoms with Gasteiger partial charge in [0.15, 0.2) is 0 Å². The molecule has 1 N–H and O–H groups in total. The molecule has 112 valence electrons. The molecule has 0 saturated heterocycles. The van der Waals surface area contributed by atoms with Crippen molar-refractivity contribution in [1.29, 1.82) is 0 Å². The van der Waals surface area contributed by atoms with Crippen LogP contribution in [-0.4, -0.2) is 10.5 Å². The lowest BCUT2D eigenvalue weighted by Crippen LogP contribution is -2.35. The number of hydrogen-bond acceptors (Lipinski definition) is 3. The van der Waals surface area contributed by atoms with Gasteiger partial charge >= 0.3 is 0 Å². The molecule has 21 heavy (non-hydrogen) atoms. The first-order valence-electron chi connectivity index (χ1n) is 6.67. The zero-order valence-electron chi connectivity index (χ0n) is 12.3. The highest BCUT2D eigenvalue weighted by atomic mass is 79.9. The molecule has 0 aliphatic rings. The standard InChI is InChI=1S/C16H18BrFN2O/c1-16(2,3)20-10-11-5-4-8-19-15(11)21-14-9-12(18)6-7-13(14)17/h4-9,20H,10H2,1-3H3. The Kier molecular flexibility index (Phi) is 4.96. The van der Waals surface area contributed by atoms with Crippen LogP contribution >= 0.6 is 15.9 Å². The summed E-state index contributed by atoms with van der Waals surface area (Å²) in [7, 11) is 0. The Balaban J connectivity index is 2.22. The lowest BCUT2D eigenvalue weighted by Gasteiger charge is -2.21. The van der Waals surface area contributed by atoms with Crippen molar-refractivity contribution < 1.29 is 9.13 Å². The summed E-state index contributed by atoms with van der Waals surface area (Å²) < 4.78 is 19.8. The van der Waals surface area contributed by atoms with E-state index < -0.39 is 0 Å². The summed E-state index contributed by atoms with van der Waals surface area (Å²) in [6, 6.07) is 8.11. The fourth-order valence-electron chi connectivity index (χ4n) is 1.67. The summed E-state index contributed by atoms with van der Waals surface area (Å²) in [5.74, 6) is 0.532. The van der Waals surface area contributed by atoms with Crippen LogP contribution in [0.5, 0.6) is 11.6 Å². The quantitative estimate of drug-likeness (QED) is 0.868. The molecule has 0 spiro atoms. The Morgan fingerprint density at radius 2 is 2.05 bits per heavy atom. The minimum Gasteiger partial charge on any atom is -0.437 e. The highest BCUT2D eigenvalue weighted by molar-refractivity contribution is 9.10. The van der Waals surface area contributed by atoms with Gasteiger partial charge in [0.05, 0.1) is 4.47 Å². The molecule has 5 heteroatoms. The molecule has 1 heterocycles. The fourth-order valence-corrected chi connectivity index (χ4v) is 2.00. The smallest absolute Gasteiger partial charge is 0.223 e. The van der Waals surface area contributed by atoms with E-state index in [0.717, 1.165) is 5.56 Å². The van der Waals surface area contributed by atoms with E-state index in [2.05, 4.69) is 47.0 Å². The zero-order chi connectivity index (χ0) is 15.5. The molecular formula is C16H18BrFN2O. The van der Waals surface area contributed by atoms with Gasteiger partial charge in [0.2, 0.25) is 5.88 Å². The van der Waals surface area contributed by atoms with Crippen molar-refractivity contribution in [1.82, 2.24) is 10.3 Å². The Hall–Kier alpha value is -1.46. The van der Waals surface area contributed by atoms with Crippen molar-refractivity contribution in [2.24, 2.45) is 0 Å². The summed E-state index contributed by atoms with van der Waals surface area (Å²) in [6.45, 7) is 6.90. The molecule has 0 radical (unpaired) electrons. The van der Waals surface area contributed by atoms with Crippen molar-refractivity contribution >= 4 is 15.9 Å². The van der Waals surface area contributed by atoms with E-state index in [0.29, 0.717) is 22.6 Å². The van der Waals surface area contributed by atoms with Crippen LogP contribution < -0.4 is 10.1 Å². The van der Waals surface area contributed by atoms with Gasteiger partial charge in [-0.3, -0.25) is 0 Å². The molecular weight excluding hydrogens is 335 g/mol. The Morgan fingerprint density at radius 1 is 1.29 bits per heavy atom. The van der Waals surface area contributed by atoms with E-state index in [1.165, 1.54) is 12.1 Å². The third-order valence-electron chi connectivity index (χ3n) is 2.76. The van der Waals surface area contributed by atoms with Gasteiger partial charge in [-0.1, -0.05) is 6.07 Å². The number of halogens is 2. The topological polar surface area (TPSA) is 34.2 Å². The molecule has 3 nitrogen and oxygen atoms in total. The van der Waals surface area contributed by atoms with Crippen LogP contribution in [0.3, 0.4) is 0 Å². The average Bonchev–Trinajstić information content (AvgIpc) is 2.41. The van der Waals surface area contributed by atoms with Crippen molar-refractivity contribution in [2.45, 2.75) is 32.9 Å². The highest BCUT2D eigenvalue weighted by Gasteiger charge is 2.13. The van der Waals surface area contributed by atoms with Gasteiger partial charge in [-0.05, 0) is 54.9 Å². The summed E-state index contributed by atoms with van der Waals surface area (Å²) in [5, 5.41) is 3.38. The maximum absolute atomic E-state index is 13.3. The second-order valence-corrected chi connectivity index (χ2v) is 6.60. The molecule has 0 fully saturated rings. The lowest BCUT2D eigenvalue weighted by atomic mass is 10.1. The van der Waals surface area contributed by atoms with Crippen LogP contribution in [0.2, 0.25) is 0 Å². The van der Waals surface area contributed by atoms with Gasteiger partial charge in [0.1, 0.15) is 11.6 Å². The van der Waals surface area contributed by atoms with E-state index >= 15 is 0 Å². The Morgan fingerprint density at radius 3 is 2.76 bits per heavy atom. The molecule has 0 aliphatic carbocycles. The maximum Gasteiger partial charge on any atom is 0.223 e. The van der Waals surface area contributed by atoms with E-state index in [1.807, 2.05) is 12.1 Å². The van der Waals surface area contributed by atoms with Crippen molar-refractivity contribution in [2.75, 3.05) is 0 Å². The normalized spacial score (nSPS) is 11.5. The largest absolute Gasteiger partial charge is 0.437 e. The van der Waals surface area contributed by atoms with Crippen LogP contribution in [0.1, 0.15) is 26.3 Å². The summed E-state index contributed by atoms with van der Waals surface area (Å²) in [6.07, 6.45) is 1.66. The molecule has 0 saturated carbocycles. The van der Waals surface area contributed by atoms with Crippen LogP contribution in [0.25, 0.3) is 0 Å². The van der Waals surface area contributed by atoms with Crippen LogP contribution in [0.4, 0.5) is 4.39 Å². The number of nitrogens with one attached hydrogen (secondary N) is 1. The third-order valence-corrected chi connectivity index (χ3v) is 3.41. The Bertz CT molecular complexity index is 626. The molecule has 1 aromatic heterocycles. The maximum atomic E-state index is 13.3. The molecule has 2 rings (SSSR count). The number of ether oxygens (including phenoxy) is 1. The van der Waals surface area contributed by atoms with Gasteiger partial charge < -0.3 is 10.1 Å². The fraction of sp³-hybridized carbons (Fsp3) is 0.312. The first kappa shape index (κ1) is 15.9. The average molecular weight is 353 g/mol. The molecule has 0 atom stereocenters. The van der Waals surface area contributed by atoms with E-state index in [9.17, 15) is 4.39 Å². The second-order valence-electron chi connectivity index (χ2n) is 5.75. The number of benzene rings is 1. The highest BCUT2D eigenvalue weighted by Crippen LogP contribution is 2.30. The van der Waals surface area contributed by atoms with E-state index in [1.54, 1.807) is 12.3 Å². The SMILES string of the molecule is CC(C)(C)NCc1cccnc1Oc1cc(F)ccc1Br. The first-order valence-corrected chi connectivity index (χ1v) is 7.46. The molecule has 0 unspecified atom stereocenters. The molecule has 0 amide bonds. The number of nitrogens with zero attached hydrogens (tertiary/aromatic N) is 1. The predicted molar refractivity (Wildman–Crippen MR) is 85.0 cm³/mol. The number of aromatic nitrogens is 1. The second kappa shape index (κ2) is 6.54. The first-order chi connectivity index (χ1) is 9.85. The van der Waals surface area contributed by atoms with Gasteiger partial charge in [-0.2, -0.15) is 0 Å². The monoisotopic (exact) mass is 352 g/mol. The zero-order valence-corrected chi connectivity index (χ0v) is 13.9. The Labute approximate surface area is 132 Å². The minimum atomic E-state index is -0.349. The summed E-state index contributed by atoms with van der Waals surface area (Å²) in [4.78, 5) is 4.24. The van der Waals surface area contributed by atoms with Gasteiger partial charge in [0.25, 0.3) is 0 Å². The van der Waals surface area contributed by atoms with Gasteiger partial charge in [-0.25, -0.2) is 9.37 Å². The molecule has 0 bridgehead atoms. The number of pyridine rings is 1. The van der Waals surface area contributed by atoms with E-state index in [4.69, 9.17) is 4.74 Å². The van der Waals surface area contributed by atoms with Crippen LogP contribution in [0, 0.1) is 5.82 Å². The molecule has 2 aromatic rings. The van der Waals surface area contributed by atoms with Gasteiger partial charge in [-0.15, -0.1) is 0 Å². The van der Waals surface area contributed by atoms with Crippen molar-refractivity contribution in [3.05, 3.63) is 52.4 Å². The van der Waals surface area contributed by atoms with E-state index in [-0.39, 0.29) is 11.4 Å².